The van der Waals surface area contributed by atoms with Crippen LogP contribution in [0.4, 0.5) is 5.69 Å². The van der Waals surface area contributed by atoms with Crippen LogP contribution in [0.3, 0.4) is 0 Å². The van der Waals surface area contributed by atoms with Gasteiger partial charge < -0.3 is 14.4 Å². The molecule has 29 heavy (non-hydrogen) atoms. The average Bonchev–Trinajstić information content (AvgIpc) is 2.75. The van der Waals surface area contributed by atoms with Crippen molar-refractivity contribution in [1.82, 2.24) is 0 Å². The highest BCUT2D eigenvalue weighted by Crippen LogP contribution is 2.29. The molecule has 0 aliphatic carbocycles. The Bertz CT molecular complexity index is 1020. The SMILES string of the molecule is COc1cc(C(C)=O)ccc1OCCCC(=O)N(C)c1cccc2ccccc12. The minimum atomic E-state index is -0.0306. The molecule has 0 N–H and O–H groups in total. The number of fused-ring (bicyclic) bond motifs is 1. The first-order valence-electron chi connectivity index (χ1n) is 9.57. The van der Waals surface area contributed by atoms with Gasteiger partial charge in [0.15, 0.2) is 17.3 Å². The van der Waals surface area contributed by atoms with E-state index in [1.807, 2.05) is 42.5 Å². The number of Topliss-reactive ketones (excluding diaryl/α,β-unsaturated/α-hetero) is 1. The molecule has 0 fully saturated rings. The van der Waals surface area contributed by atoms with E-state index in [1.54, 1.807) is 30.1 Å². The van der Waals surface area contributed by atoms with Crippen LogP contribution in [0.2, 0.25) is 0 Å². The lowest BCUT2D eigenvalue weighted by Crippen LogP contribution is -2.26. The van der Waals surface area contributed by atoms with Crippen LogP contribution in [-0.2, 0) is 4.79 Å². The number of carbonyl (C=O) groups is 2. The van der Waals surface area contributed by atoms with Crippen molar-refractivity contribution in [2.24, 2.45) is 0 Å². The minimum Gasteiger partial charge on any atom is -0.493 e. The highest BCUT2D eigenvalue weighted by Gasteiger charge is 2.14. The van der Waals surface area contributed by atoms with Gasteiger partial charge in [-0.1, -0.05) is 36.4 Å². The second kappa shape index (κ2) is 9.24. The lowest BCUT2D eigenvalue weighted by atomic mass is 10.1. The van der Waals surface area contributed by atoms with E-state index in [0.717, 1.165) is 16.5 Å². The normalized spacial score (nSPS) is 10.6. The molecule has 3 aromatic carbocycles. The number of ether oxygens (including phenoxy) is 2. The van der Waals surface area contributed by atoms with Crippen LogP contribution in [0.1, 0.15) is 30.1 Å². The van der Waals surface area contributed by atoms with Crippen LogP contribution >= 0.6 is 0 Å². The second-order valence-corrected chi connectivity index (χ2v) is 6.82. The summed E-state index contributed by atoms with van der Waals surface area (Å²) in [6.45, 7) is 1.89. The van der Waals surface area contributed by atoms with Gasteiger partial charge in [-0.25, -0.2) is 0 Å². The number of anilines is 1. The number of hydrogen-bond acceptors (Lipinski definition) is 4. The number of amides is 1. The Hall–Kier alpha value is -3.34. The molecule has 0 aromatic heterocycles. The van der Waals surface area contributed by atoms with Crippen LogP contribution in [0.5, 0.6) is 11.5 Å². The Morgan fingerprint density at radius 2 is 1.72 bits per heavy atom. The zero-order chi connectivity index (χ0) is 20.8. The summed E-state index contributed by atoms with van der Waals surface area (Å²) < 4.78 is 11.1. The van der Waals surface area contributed by atoms with Gasteiger partial charge in [0.1, 0.15) is 0 Å². The van der Waals surface area contributed by atoms with Gasteiger partial charge in [0.2, 0.25) is 5.91 Å². The van der Waals surface area contributed by atoms with Crippen LogP contribution < -0.4 is 14.4 Å². The predicted molar refractivity (Wildman–Crippen MR) is 115 cm³/mol. The lowest BCUT2D eigenvalue weighted by Gasteiger charge is -2.19. The maximum atomic E-state index is 12.6. The number of hydrogen-bond donors (Lipinski definition) is 0. The van der Waals surface area contributed by atoms with Gasteiger partial charge in [-0.15, -0.1) is 0 Å². The highest BCUT2D eigenvalue weighted by atomic mass is 16.5. The molecule has 3 rings (SSSR count). The molecule has 0 atom stereocenters. The smallest absolute Gasteiger partial charge is 0.226 e. The third-order valence-corrected chi connectivity index (χ3v) is 4.86. The summed E-state index contributed by atoms with van der Waals surface area (Å²) in [6.07, 6.45) is 0.944. The van der Waals surface area contributed by atoms with Crippen molar-refractivity contribution in [3.8, 4) is 11.5 Å². The molecular formula is C24H25NO4. The number of nitrogens with zero attached hydrogens (tertiary/aromatic N) is 1. The van der Waals surface area contributed by atoms with E-state index in [0.29, 0.717) is 36.5 Å². The third kappa shape index (κ3) is 4.74. The summed E-state index contributed by atoms with van der Waals surface area (Å²) in [5, 5.41) is 2.16. The summed E-state index contributed by atoms with van der Waals surface area (Å²) in [5.41, 5.74) is 1.47. The molecule has 150 valence electrons. The van der Waals surface area contributed by atoms with Crippen molar-refractivity contribution >= 4 is 28.2 Å². The molecule has 5 heteroatoms. The predicted octanol–water partition coefficient (Wildman–Crippen LogP) is 4.87. The summed E-state index contributed by atoms with van der Waals surface area (Å²) in [6, 6.07) is 19.1. The van der Waals surface area contributed by atoms with Crippen molar-refractivity contribution in [1.29, 1.82) is 0 Å². The summed E-state index contributed by atoms with van der Waals surface area (Å²) in [5.74, 6) is 1.07. The van der Waals surface area contributed by atoms with E-state index in [-0.39, 0.29) is 11.7 Å². The fraction of sp³-hybridized carbons (Fsp3) is 0.250. The zero-order valence-corrected chi connectivity index (χ0v) is 17.0. The van der Waals surface area contributed by atoms with Crippen LogP contribution in [0.25, 0.3) is 10.8 Å². The Morgan fingerprint density at radius 3 is 2.48 bits per heavy atom. The van der Waals surface area contributed by atoms with Crippen LogP contribution in [0, 0.1) is 0 Å². The standard InChI is InChI=1S/C24H25NO4/c1-17(26)19-13-14-22(23(16-19)28-3)29-15-7-12-24(27)25(2)21-11-6-9-18-8-4-5-10-20(18)21/h4-6,8-11,13-14,16H,7,12,15H2,1-3H3. The van der Waals surface area contributed by atoms with Crippen molar-refractivity contribution in [2.75, 3.05) is 25.7 Å². The molecule has 5 nitrogen and oxygen atoms in total. The first-order valence-corrected chi connectivity index (χ1v) is 9.57. The number of benzene rings is 3. The number of rotatable bonds is 8. The summed E-state index contributed by atoms with van der Waals surface area (Å²) in [7, 11) is 3.34. The Balaban J connectivity index is 1.58. The van der Waals surface area contributed by atoms with Gasteiger partial charge in [-0.2, -0.15) is 0 Å². The lowest BCUT2D eigenvalue weighted by molar-refractivity contribution is -0.118. The van der Waals surface area contributed by atoms with Crippen molar-refractivity contribution in [3.63, 3.8) is 0 Å². The molecule has 0 saturated heterocycles. The fourth-order valence-electron chi connectivity index (χ4n) is 3.21. The molecular weight excluding hydrogens is 366 g/mol. The minimum absolute atomic E-state index is 0.0306. The number of methoxy groups -OCH3 is 1. The van der Waals surface area contributed by atoms with Gasteiger partial charge in [-0.3, -0.25) is 9.59 Å². The van der Waals surface area contributed by atoms with E-state index >= 15 is 0 Å². The largest absolute Gasteiger partial charge is 0.493 e. The van der Waals surface area contributed by atoms with E-state index in [1.165, 1.54) is 14.0 Å². The third-order valence-electron chi connectivity index (χ3n) is 4.86. The fourth-order valence-corrected chi connectivity index (χ4v) is 3.21. The second-order valence-electron chi connectivity index (χ2n) is 6.82. The molecule has 1 amide bonds. The van der Waals surface area contributed by atoms with Gasteiger partial charge in [0.25, 0.3) is 0 Å². The molecule has 0 aliphatic heterocycles. The van der Waals surface area contributed by atoms with Gasteiger partial charge in [-0.05, 0) is 43.0 Å². The van der Waals surface area contributed by atoms with E-state index < -0.39 is 0 Å². The van der Waals surface area contributed by atoms with Crippen molar-refractivity contribution in [3.05, 3.63) is 66.2 Å². The van der Waals surface area contributed by atoms with Crippen molar-refractivity contribution < 1.29 is 19.1 Å². The molecule has 0 bridgehead atoms. The number of carbonyl (C=O) groups excluding carboxylic acids is 2. The molecule has 0 aliphatic rings. The van der Waals surface area contributed by atoms with Gasteiger partial charge >= 0.3 is 0 Å². The summed E-state index contributed by atoms with van der Waals surface area (Å²) in [4.78, 5) is 25.8. The molecule has 0 spiro atoms. The maximum absolute atomic E-state index is 12.6. The quantitative estimate of drug-likeness (QED) is 0.406. The number of ketones is 1. The molecule has 0 heterocycles. The molecule has 0 saturated carbocycles. The maximum Gasteiger partial charge on any atom is 0.226 e. The topological polar surface area (TPSA) is 55.8 Å². The molecule has 3 aromatic rings. The average molecular weight is 391 g/mol. The zero-order valence-electron chi connectivity index (χ0n) is 17.0. The van der Waals surface area contributed by atoms with E-state index in [4.69, 9.17) is 9.47 Å². The van der Waals surface area contributed by atoms with Gasteiger partial charge in [0.05, 0.1) is 19.4 Å². The molecule has 0 radical (unpaired) electrons. The Kier molecular flexibility index (Phi) is 6.50. The van der Waals surface area contributed by atoms with E-state index in [2.05, 4.69) is 0 Å². The van der Waals surface area contributed by atoms with E-state index in [9.17, 15) is 9.59 Å². The van der Waals surface area contributed by atoms with Crippen molar-refractivity contribution in [2.45, 2.75) is 19.8 Å². The van der Waals surface area contributed by atoms with Gasteiger partial charge in [0, 0.05) is 24.4 Å². The van der Waals surface area contributed by atoms with Crippen LogP contribution in [0.15, 0.2) is 60.7 Å². The van der Waals surface area contributed by atoms with Crippen LogP contribution in [-0.4, -0.2) is 32.5 Å². The molecule has 0 unspecified atom stereocenters. The highest BCUT2D eigenvalue weighted by molar-refractivity contribution is 6.03. The Morgan fingerprint density at radius 1 is 0.966 bits per heavy atom. The Labute approximate surface area is 170 Å². The summed E-state index contributed by atoms with van der Waals surface area (Å²) >= 11 is 0. The first-order chi connectivity index (χ1) is 14.0. The monoisotopic (exact) mass is 391 g/mol. The first kappa shape index (κ1) is 20.4.